The summed E-state index contributed by atoms with van der Waals surface area (Å²) < 4.78 is 15.3. The molecule has 5 rings (SSSR count). The minimum Gasteiger partial charge on any atom is -0.342 e. The van der Waals surface area contributed by atoms with E-state index in [9.17, 15) is 9.18 Å². The highest BCUT2D eigenvalue weighted by atomic mass is 35.5. The van der Waals surface area contributed by atoms with Crippen LogP contribution in [-0.2, 0) is 12.0 Å². The van der Waals surface area contributed by atoms with Crippen LogP contribution in [-0.4, -0.2) is 15.7 Å². The Morgan fingerprint density at radius 3 is 2.42 bits per heavy atom. The van der Waals surface area contributed by atoms with E-state index >= 15 is 0 Å². The lowest BCUT2D eigenvalue weighted by Gasteiger charge is -2.26. The molecule has 1 amide bonds. The summed E-state index contributed by atoms with van der Waals surface area (Å²) in [6.45, 7) is 3.96. The van der Waals surface area contributed by atoms with E-state index in [1.54, 1.807) is 28.9 Å². The van der Waals surface area contributed by atoms with E-state index in [4.69, 9.17) is 28.3 Å². The number of amides is 1. The van der Waals surface area contributed by atoms with Crippen molar-refractivity contribution < 1.29 is 9.18 Å². The molecule has 1 N–H and O–H groups in total. The van der Waals surface area contributed by atoms with E-state index < -0.39 is 5.54 Å². The van der Waals surface area contributed by atoms with Gasteiger partial charge in [0.2, 0.25) is 0 Å². The minimum atomic E-state index is -0.607. The standard InChI is InChI=1S/C31H28Cl2FN3O/c1-31(2,22-9-4-3-5-10-22)35-30(38)28-25-11-7-6-8-21(18-20-12-15-24(34)16-13-20)29(25)37(36-28)27-17-14-23(32)19-26(27)33/h3-5,9-10,12-19H,6-8,11H2,1-2H3,(H,35,38)/b21-18+. The molecule has 0 bridgehead atoms. The van der Waals surface area contributed by atoms with Crippen LogP contribution in [0.4, 0.5) is 4.39 Å². The minimum absolute atomic E-state index is 0.248. The zero-order valence-corrected chi connectivity index (χ0v) is 22.8. The van der Waals surface area contributed by atoms with Gasteiger partial charge < -0.3 is 5.32 Å². The molecule has 0 unspecified atom stereocenters. The smallest absolute Gasteiger partial charge is 0.272 e. The Bertz CT molecular complexity index is 1510. The van der Waals surface area contributed by atoms with Crippen LogP contribution in [0, 0.1) is 5.82 Å². The molecule has 3 aromatic carbocycles. The molecule has 0 saturated heterocycles. The summed E-state index contributed by atoms with van der Waals surface area (Å²) in [6.07, 6.45) is 5.40. The number of hydrogen-bond acceptors (Lipinski definition) is 2. The van der Waals surface area contributed by atoms with Gasteiger partial charge in [0.15, 0.2) is 5.69 Å². The highest BCUT2D eigenvalue weighted by Gasteiger charge is 2.31. The molecule has 0 fully saturated rings. The molecule has 1 aliphatic rings. The Morgan fingerprint density at radius 2 is 1.71 bits per heavy atom. The molecule has 0 saturated carbocycles. The Kier molecular flexibility index (Phi) is 7.42. The molecule has 194 valence electrons. The van der Waals surface area contributed by atoms with E-state index in [2.05, 4.69) is 5.32 Å². The molecular weight excluding hydrogens is 520 g/mol. The van der Waals surface area contributed by atoms with Crippen molar-refractivity contribution in [2.24, 2.45) is 0 Å². The Balaban J connectivity index is 1.66. The van der Waals surface area contributed by atoms with Crippen LogP contribution in [0.5, 0.6) is 0 Å². The van der Waals surface area contributed by atoms with Gasteiger partial charge in [0.05, 0.1) is 21.9 Å². The molecule has 0 radical (unpaired) electrons. The summed E-state index contributed by atoms with van der Waals surface area (Å²) in [7, 11) is 0. The van der Waals surface area contributed by atoms with Gasteiger partial charge in [0.25, 0.3) is 5.91 Å². The number of carbonyl (C=O) groups is 1. The summed E-state index contributed by atoms with van der Waals surface area (Å²) in [5, 5.41) is 8.99. The van der Waals surface area contributed by atoms with Crippen LogP contribution in [0.3, 0.4) is 0 Å². The molecule has 1 aromatic heterocycles. The van der Waals surface area contributed by atoms with Crippen molar-refractivity contribution in [1.82, 2.24) is 15.1 Å². The number of allylic oxidation sites excluding steroid dienone is 1. The van der Waals surface area contributed by atoms with Crippen molar-refractivity contribution >= 4 is 40.8 Å². The summed E-state index contributed by atoms with van der Waals surface area (Å²) in [6, 6.07) is 21.5. The highest BCUT2D eigenvalue weighted by molar-refractivity contribution is 6.35. The summed E-state index contributed by atoms with van der Waals surface area (Å²) in [5.74, 6) is -0.534. The van der Waals surface area contributed by atoms with Crippen LogP contribution in [0.2, 0.25) is 10.0 Å². The van der Waals surface area contributed by atoms with Crippen LogP contribution >= 0.6 is 23.2 Å². The van der Waals surface area contributed by atoms with E-state index in [1.807, 2.05) is 56.3 Å². The normalized spacial score (nSPS) is 14.7. The van der Waals surface area contributed by atoms with E-state index in [0.29, 0.717) is 27.8 Å². The number of benzene rings is 3. The first-order valence-corrected chi connectivity index (χ1v) is 13.4. The Hall–Kier alpha value is -3.41. The van der Waals surface area contributed by atoms with Crippen LogP contribution in [0.1, 0.15) is 66.0 Å². The molecule has 7 heteroatoms. The van der Waals surface area contributed by atoms with Gasteiger partial charge in [-0.2, -0.15) is 5.10 Å². The molecule has 4 aromatic rings. The van der Waals surface area contributed by atoms with Crippen molar-refractivity contribution in [3.8, 4) is 5.69 Å². The zero-order valence-electron chi connectivity index (χ0n) is 21.3. The van der Waals surface area contributed by atoms with Crippen LogP contribution in [0.25, 0.3) is 17.3 Å². The molecule has 0 spiro atoms. The van der Waals surface area contributed by atoms with Crippen molar-refractivity contribution in [1.29, 1.82) is 0 Å². The lowest BCUT2D eigenvalue weighted by molar-refractivity contribution is 0.0905. The number of rotatable bonds is 5. The lowest BCUT2D eigenvalue weighted by Crippen LogP contribution is -2.41. The van der Waals surface area contributed by atoms with Crippen molar-refractivity contribution in [3.63, 3.8) is 0 Å². The third-order valence-electron chi connectivity index (χ3n) is 6.90. The number of carbonyl (C=O) groups excluding carboxylic acids is 1. The zero-order chi connectivity index (χ0) is 26.9. The van der Waals surface area contributed by atoms with Crippen LogP contribution < -0.4 is 5.32 Å². The van der Waals surface area contributed by atoms with Gasteiger partial charge in [-0.3, -0.25) is 4.79 Å². The highest BCUT2D eigenvalue weighted by Crippen LogP contribution is 2.37. The maximum Gasteiger partial charge on any atom is 0.272 e. The second-order valence-electron chi connectivity index (χ2n) is 10.1. The van der Waals surface area contributed by atoms with Gasteiger partial charge in [-0.25, -0.2) is 9.07 Å². The van der Waals surface area contributed by atoms with Gasteiger partial charge in [0.1, 0.15) is 5.82 Å². The maximum absolute atomic E-state index is 13.8. The number of aromatic nitrogens is 2. The summed E-state index contributed by atoms with van der Waals surface area (Å²) in [4.78, 5) is 13.8. The number of hydrogen-bond donors (Lipinski definition) is 1. The molecule has 0 atom stereocenters. The molecular formula is C31H28Cl2FN3O. The van der Waals surface area contributed by atoms with Gasteiger partial charge in [-0.05, 0) is 92.6 Å². The fraction of sp³-hybridized carbons (Fsp3) is 0.226. The quantitative estimate of drug-likeness (QED) is 0.255. The monoisotopic (exact) mass is 547 g/mol. The third-order valence-corrected chi connectivity index (χ3v) is 7.43. The van der Waals surface area contributed by atoms with Gasteiger partial charge in [-0.15, -0.1) is 0 Å². The fourth-order valence-corrected chi connectivity index (χ4v) is 5.42. The first-order chi connectivity index (χ1) is 18.2. The molecule has 38 heavy (non-hydrogen) atoms. The van der Waals surface area contributed by atoms with Crippen LogP contribution in [0.15, 0.2) is 72.8 Å². The van der Waals surface area contributed by atoms with Gasteiger partial charge in [-0.1, -0.05) is 65.7 Å². The lowest BCUT2D eigenvalue weighted by atomic mass is 9.94. The largest absolute Gasteiger partial charge is 0.342 e. The second kappa shape index (κ2) is 10.8. The van der Waals surface area contributed by atoms with Crippen molar-refractivity contribution in [3.05, 3.63) is 117 Å². The van der Waals surface area contributed by atoms with E-state index in [-0.39, 0.29) is 11.7 Å². The number of nitrogens with zero attached hydrogens (tertiary/aromatic N) is 2. The topological polar surface area (TPSA) is 46.9 Å². The molecule has 0 aliphatic heterocycles. The van der Waals surface area contributed by atoms with Gasteiger partial charge in [0, 0.05) is 10.6 Å². The molecule has 1 aliphatic carbocycles. The van der Waals surface area contributed by atoms with Gasteiger partial charge >= 0.3 is 0 Å². The fourth-order valence-electron chi connectivity index (χ4n) is 4.93. The average molecular weight is 548 g/mol. The van der Waals surface area contributed by atoms with Crippen molar-refractivity contribution in [2.75, 3.05) is 0 Å². The van der Waals surface area contributed by atoms with E-state index in [0.717, 1.165) is 47.2 Å². The molecule has 1 heterocycles. The third kappa shape index (κ3) is 5.40. The Labute approximate surface area is 232 Å². The Morgan fingerprint density at radius 1 is 1.00 bits per heavy atom. The number of fused-ring (bicyclic) bond motifs is 1. The average Bonchev–Trinajstić information content (AvgIpc) is 3.14. The predicted molar refractivity (Wildman–Crippen MR) is 152 cm³/mol. The molecule has 4 nitrogen and oxygen atoms in total. The first kappa shape index (κ1) is 26.2. The number of nitrogens with one attached hydrogen (secondary N) is 1. The summed E-state index contributed by atoms with van der Waals surface area (Å²) >= 11 is 12.8. The first-order valence-electron chi connectivity index (χ1n) is 12.6. The predicted octanol–water partition coefficient (Wildman–Crippen LogP) is 8.25. The SMILES string of the molecule is CC(C)(NC(=O)c1nn(-c2ccc(Cl)cc2Cl)c2c1CCCC/C2=C\c1ccc(F)cc1)c1ccccc1. The summed E-state index contributed by atoms with van der Waals surface area (Å²) in [5.41, 5.74) is 5.02. The maximum atomic E-state index is 13.8. The van der Waals surface area contributed by atoms with E-state index in [1.165, 1.54) is 12.1 Å². The second-order valence-corrected chi connectivity index (χ2v) is 10.9. The number of halogens is 3. The van der Waals surface area contributed by atoms with Crippen molar-refractivity contribution in [2.45, 2.75) is 45.1 Å².